The van der Waals surface area contributed by atoms with E-state index in [-0.39, 0.29) is 6.04 Å². The molecule has 3 aromatic rings. The lowest BCUT2D eigenvalue weighted by Crippen LogP contribution is -3.15. The van der Waals surface area contributed by atoms with E-state index in [0.717, 1.165) is 43.6 Å². The Morgan fingerprint density at radius 1 is 1.18 bits per heavy atom. The summed E-state index contributed by atoms with van der Waals surface area (Å²) in [5.74, 6) is 1.45. The van der Waals surface area contributed by atoms with Crippen LogP contribution in [0.4, 0.5) is 5.69 Å². The average molecular weight is 418 g/mol. The van der Waals surface area contributed by atoms with Crippen molar-refractivity contribution >= 4 is 28.6 Å². The van der Waals surface area contributed by atoms with Gasteiger partial charge in [-0.3, -0.25) is 0 Å². The van der Waals surface area contributed by atoms with E-state index in [2.05, 4.69) is 57.9 Å². The molecule has 6 nitrogen and oxygen atoms in total. The quantitative estimate of drug-likeness (QED) is 0.669. The van der Waals surface area contributed by atoms with E-state index < -0.39 is 0 Å². The summed E-state index contributed by atoms with van der Waals surface area (Å²) in [6.45, 7) is 9.40. The van der Waals surface area contributed by atoms with Gasteiger partial charge < -0.3 is 9.80 Å². The molecule has 3 heterocycles. The highest BCUT2D eigenvalue weighted by atomic mass is 35.5. The summed E-state index contributed by atoms with van der Waals surface area (Å²) in [7, 11) is 0. The van der Waals surface area contributed by atoms with Crippen molar-refractivity contribution in [2.45, 2.75) is 26.4 Å². The van der Waals surface area contributed by atoms with Gasteiger partial charge in [0, 0.05) is 21.5 Å². The topological polar surface area (TPSA) is 51.3 Å². The first-order valence-corrected chi connectivity index (χ1v) is 11.0. The number of anilines is 1. The van der Waals surface area contributed by atoms with Gasteiger partial charge in [0.05, 0.1) is 32.7 Å². The third-order valence-corrected chi connectivity index (χ3v) is 6.51. The molecule has 0 aliphatic carbocycles. The van der Waals surface area contributed by atoms with E-state index in [1.54, 1.807) is 16.2 Å². The average Bonchev–Trinajstić information content (AvgIpc) is 3.35. The molecule has 0 unspecified atom stereocenters. The van der Waals surface area contributed by atoms with Crippen LogP contribution in [0.1, 0.15) is 30.6 Å². The van der Waals surface area contributed by atoms with Crippen LogP contribution in [-0.2, 0) is 6.54 Å². The van der Waals surface area contributed by atoms with Crippen LogP contribution in [0.15, 0.2) is 41.8 Å². The van der Waals surface area contributed by atoms with Gasteiger partial charge >= 0.3 is 0 Å². The Labute approximate surface area is 174 Å². The second-order valence-corrected chi connectivity index (χ2v) is 9.09. The number of halogens is 1. The number of nitrogens with one attached hydrogen (secondary N) is 1. The van der Waals surface area contributed by atoms with Gasteiger partial charge in [-0.2, -0.15) is 0 Å². The van der Waals surface area contributed by atoms with Crippen molar-refractivity contribution in [1.29, 1.82) is 0 Å². The molecule has 1 aliphatic heterocycles. The van der Waals surface area contributed by atoms with E-state index in [1.165, 1.54) is 10.6 Å². The molecule has 0 radical (unpaired) electrons. The maximum atomic E-state index is 6.17. The largest absolute Gasteiger partial charge is 0.360 e. The molecule has 1 atom stereocenters. The number of benzene rings is 1. The Hall–Kier alpha value is -1.96. The normalized spacial score (nSPS) is 16.6. The fourth-order valence-corrected chi connectivity index (χ4v) is 4.96. The van der Waals surface area contributed by atoms with Crippen LogP contribution in [0.5, 0.6) is 0 Å². The second kappa shape index (κ2) is 8.59. The molecule has 148 valence electrons. The number of rotatable bonds is 6. The predicted molar refractivity (Wildman–Crippen MR) is 113 cm³/mol. The fraction of sp³-hybridized carbons (Fsp3) is 0.450. The van der Waals surface area contributed by atoms with Gasteiger partial charge in [-0.25, -0.2) is 4.68 Å². The molecule has 0 bridgehead atoms. The smallest absolute Gasteiger partial charge is 0.209 e. The van der Waals surface area contributed by atoms with E-state index in [1.807, 2.05) is 22.9 Å². The minimum absolute atomic E-state index is 0.288. The zero-order valence-electron chi connectivity index (χ0n) is 16.3. The van der Waals surface area contributed by atoms with Gasteiger partial charge in [0.1, 0.15) is 0 Å². The third-order valence-electron chi connectivity index (χ3n) is 5.41. The summed E-state index contributed by atoms with van der Waals surface area (Å²) in [6.07, 6.45) is 0. The molecule has 4 rings (SSSR count). The minimum Gasteiger partial charge on any atom is -0.360 e. The van der Waals surface area contributed by atoms with E-state index in [9.17, 15) is 0 Å². The van der Waals surface area contributed by atoms with Gasteiger partial charge in [0.2, 0.25) is 5.82 Å². The van der Waals surface area contributed by atoms with Crippen LogP contribution >= 0.6 is 22.9 Å². The van der Waals surface area contributed by atoms with Gasteiger partial charge in [-0.05, 0) is 40.1 Å². The van der Waals surface area contributed by atoms with E-state index in [0.29, 0.717) is 5.92 Å². The number of nitrogens with zero attached hydrogens (tertiary/aromatic N) is 5. The van der Waals surface area contributed by atoms with Gasteiger partial charge in [0.15, 0.2) is 6.04 Å². The van der Waals surface area contributed by atoms with Gasteiger partial charge in [-0.15, -0.1) is 16.4 Å². The Kier molecular flexibility index (Phi) is 5.94. The van der Waals surface area contributed by atoms with Crippen molar-refractivity contribution in [3.8, 4) is 0 Å². The second-order valence-electron chi connectivity index (χ2n) is 7.62. The number of aromatic nitrogens is 4. The SMILES string of the molecule is CC(C)[C@H](c1nnnn1Cc1cccs1)[NH+]1CCN(c2cccc(Cl)c2)CC1. The zero-order valence-corrected chi connectivity index (χ0v) is 17.8. The van der Waals surface area contributed by atoms with E-state index in [4.69, 9.17) is 11.6 Å². The molecule has 1 fully saturated rings. The van der Waals surface area contributed by atoms with Crippen molar-refractivity contribution in [2.24, 2.45) is 5.92 Å². The number of piperazine rings is 1. The molecule has 28 heavy (non-hydrogen) atoms. The third kappa shape index (κ3) is 4.21. The number of quaternary nitrogens is 1. The van der Waals surface area contributed by atoms with Crippen LogP contribution in [0, 0.1) is 5.92 Å². The lowest BCUT2D eigenvalue weighted by molar-refractivity contribution is -0.937. The monoisotopic (exact) mass is 417 g/mol. The molecule has 2 aromatic heterocycles. The van der Waals surface area contributed by atoms with Crippen molar-refractivity contribution in [2.75, 3.05) is 31.1 Å². The molecule has 1 aromatic carbocycles. The molecule has 1 N–H and O–H groups in total. The highest BCUT2D eigenvalue weighted by Crippen LogP contribution is 2.21. The predicted octanol–water partition coefficient (Wildman–Crippen LogP) is 2.54. The van der Waals surface area contributed by atoms with Gasteiger partial charge in [0.25, 0.3) is 0 Å². The molecule has 8 heteroatoms. The Balaban J connectivity index is 1.49. The lowest BCUT2D eigenvalue weighted by Gasteiger charge is -2.38. The van der Waals surface area contributed by atoms with Crippen LogP contribution in [0.25, 0.3) is 0 Å². The van der Waals surface area contributed by atoms with Crippen LogP contribution in [0.2, 0.25) is 5.02 Å². The van der Waals surface area contributed by atoms with Crippen molar-refractivity contribution < 1.29 is 4.90 Å². The number of thiophene rings is 1. The minimum atomic E-state index is 0.288. The lowest BCUT2D eigenvalue weighted by atomic mass is 10.0. The first-order valence-electron chi connectivity index (χ1n) is 9.75. The summed E-state index contributed by atoms with van der Waals surface area (Å²) in [4.78, 5) is 5.24. The Bertz CT molecular complexity index is 886. The Morgan fingerprint density at radius 3 is 2.68 bits per heavy atom. The zero-order chi connectivity index (χ0) is 19.5. The maximum absolute atomic E-state index is 6.17. The van der Waals surface area contributed by atoms with Crippen LogP contribution in [0.3, 0.4) is 0 Å². The summed E-state index contributed by atoms with van der Waals surface area (Å²) >= 11 is 7.92. The molecular weight excluding hydrogens is 392 g/mol. The Morgan fingerprint density at radius 2 is 2.00 bits per heavy atom. The standard InChI is InChI=1S/C20H25ClN6S/c1-15(2)19(20-22-23-24-27(20)14-18-7-4-12-28-18)26-10-8-25(9-11-26)17-6-3-5-16(21)13-17/h3-7,12-13,15,19H,8-11,14H2,1-2H3/p+1/t19-/m1/s1. The number of tetrazole rings is 1. The highest BCUT2D eigenvalue weighted by molar-refractivity contribution is 7.09. The summed E-state index contributed by atoms with van der Waals surface area (Å²) in [5, 5.41) is 15.6. The summed E-state index contributed by atoms with van der Waals surface area (Å²) in [6, 6.07) is 12.6. The fourth-order valence-electron chi connectivity index (χ4n) is 4.09. The van der Waals surface area contributed by atoms with Crippen molar-refractivity contribution in [3.63, 3.8) is 0 Å². The van der Waals surface area contributed by atoms with Crippen molar-refractivity contribution in [3.05, 3.63) is 57.5 Å². The maximum Gasteiger partial charge on any atom is 0.209 e. The first-order chi connectivity index (χ1) is 13.6. The summed E-state index contributed by atoms with van der Waals surface area (Å²) < 4.78 is 1.98. The molecule has 0 spiro atoms. The molecule has 0 amide bonds. The number of hydrogen-bond acceptors (Lipinski definition) is 5. The van der Waals surface area contributed by atoms with Crippen LogP contribution in [-0.4, -0.2) is 46.4 Å². The molecule has 0 saturated carbocycles. The highest BCUT2D eigenvalue weighted by Gasteiger charge is 2.35. The molecule has 1 aliphatic rings. The number of hydrogen-bond donors (Lipinski definition) is 1. The molecule has 1 saturated heterocycles. The first kappa shape index (κ1) is 19.4. The van der Waals surface area contributed by atoms with Crippen LogP contribution < -0.4 is 9.80 Å². The van der Waals surface area contributed by atoms with E-state index >= 15 is 0 Å². The summed E-state index contributed by atoms with van der Waals surface area (Å²) in [5.41, 5.74) is 1.20. The van der Waals surface area contributed by atoms with Crippen molar-refractivity contribution in [1.82, 2.24) is 20.2 Å². The van der Waals surface area contributed by atoms with Gasteiger partial charge in [-0.1, -0.05) is 37.6 Å². The molecular formula is C20H26ClN6S+.